The molecule has 0 atom stereocenters. The Hall–Kier alpha value is -2.38. The van der Waals surface area contributed by atoms with Crippen molar-refractivity contribution in [3.63, 3.8) is 0 Å². The van der Waals surface area contributed by atoms with Gasteiger partial charge in [0, 0.05) is 11.2 Å². The van der Waals surface area contributed by atoms with E-state index in [1.807, 2.05) is 13.8 Å². The number of benzene rings is 2. The van der Waals surface area contributed by atoms with Crippen LogP contribution in [-0.4, -0.2) is 18.2 Å². The highest BCUT2D eigenvalue weighted by Gasteiger charge is 2.16. The fourth-order valence-electron chi connectivity index (χ4n) is 2.42. The molecule has 0 saturated heterocycles. The quantitative estimate of drug-likeness (QED) is 0.708. The smallest absolute Gasteiger partial charge is 0.262 e. The zero-order chi connectivity index (χ0) is 18.9. The standard InChI is InChI=1S/C18H17ClFN3O2S/c1-12-3-6-17(7-13(12)2)26(24,25)22-16-9-21-23(11-16)10-14-4-5-15(20)8-18(14)19/h3-9,11,22H,10H2,1-2H3. The third-order valence-electron chi connectivity index (χ3n) is 4.02. The van der Waals surface area contributed by atoms with E-state index in [1.54, 1.807) is 30.5 Å². The number of nitrogens with one attached hydrogen (secondary N) is 1. The molecule has 1 aromatic heterocycles. The Morgan fingerprint density at radius 3 is 2.62 bits per heavy atom. The summed E-state index contributed by atoms with van der Waals surface area (Å²) in [4.78, 5) is 0.190. The first-order valence-corrected chi connectivity index (χ1v) is 9.67. The molecule has 5 nitrogen and oxygen atoms in total. The van der Waals surface area contributed by atoms with Gasteiger partial charge in [0.15, 0.2) is 0 Å². The van der Waals surface area contributed by atoms with Gasteiger partial charge in [-0.05, 0) is 54.8 Å². The monoisotopic (exact) mass is 393 g/mol. The van der Waals surface area contributed by atoms with E-state index < -0.39 is 15.8 Å². The molecule has 8 heteroatoms. The van der Waals surface area contributed by atoms with E-state index in [0.717, 1.165) is 11.1 Å². The van der Waals surface area contributed by atoms with Gasteiger partial charge in [-0.25, -0.2) is 12.8 Å². The van der Waals surface area contributed by atoms with Crippen LogP contribution in [0.2, 0.25) is 5.02 Å². The molecule has 0 aliphatic rings. The van der Waals surface area contributed by atoms with Crippen LogP contribution in [-0.2, 0) is 16.6 Å². The zero-order valence-electron chi connectivity index (χ0n) is 14.2. The number of anilines is 1. The number of aromatic nitrogens is 2. The van der Waals surface area contributed by atoms with Crippen LogP contribution < -0.4 is 4.72 Å². The number of hydrogen-bond acceptors (Lipinski definition) is 3. The predicted molar refractivity (Wildman–Crippen MR) is 99.5 cm³/mol. The summed E-state index contributed by atoms with van der Waals surface area (Å²) in [5.74, 6) is -0.416. The Bertz CT molecular complexity index is 1060. The first kappa shape index (κ1) is 18.4. The first-order valence-electron chi connectivity index (χ1n) is 7.81. The van der Waals surface area contributed by atoms with E-state index in [9.17, 15) is 12.8 Å². The lowest BCUT2D eigenvalue weighted by Crippen LogP contribution is -2.13. The van der Waals surface area contributed by atoms with Crippen molar-refractivity contribution in [2.24, 2.45) is 0 Å². The number of sulfonamides is 1. The summed E-state index contributed by atoms with van der Waals surface area (Å²) >= 11 is 6.01. The number of rotatable bonds is 5. The lowest BCUT2D eigenvalue weighted by atomic mass is 10.1. The molecule has 0 amide bonds. The van der Waals surface area contributed by atoms with Crippen LogP contribution in [0.1, 0.15) is 16.7 Å². The van der Waals surface area contributed by atoms with Crippen LogP contribution in [0.3, 0.4) is 0 Å². The average molecular weight is 394 g/mol. The van der Waals surface area contributed by atoms with Gasteiger partial charge in [0.05, 0.1) is 23.3 Å². The molecule has 0 saturated carbocycles. The van der Waals surface area contributed by atoms with Crippen molar-refractivity contribution in [2.75, 3.05) is 4.72 Å². The van der Waals surface area contributed by atoms with Gasteiger partial charge in [-0.2, -0.15) is 5.10 Å². The Labute approximate surface area is 156 Å². The third-order valence-corrected chi connectivity index (χ3v) is 5.75. The number of hydrogen-bond donors (Lipinski definition) is 1. The number of aryl methyl sites for hydroxylation is 2. The van der Waals surface area contributed by atoms with Gasteiger partial charge < -0.3 is 0 Å². The van der Waals surface area contributed by atoms with E-state index in [1.165, 1.54) is 23.0 Å². The van der Waals surface area contributed by atoms with Gasteiger partial charge in [0.1, 0.15) is 5.82 Å². The molecule has 2 aromatic carbocycles. The predicted octanol–water partition coefficient (Wildman–Crippen LogP) is 4.14. The Kier molecular flexibility index (Phi) is 5.02. The molecule has 0 fully saturated rings. The minimum absolute atomic E-state index is 0.190. The van der Waals surface area contributed by atoms with Gasteiger partial charge in [-0.15, -0.1) is 0 Å². The van der Waals surface area contributed by atoms with Crippen LogP contribution in [0.25, 0.3) is 0 Å². The minimum atomic E-state index is -3.70. The summed E-state index contributed by atoms with van der Waals surface area (Å²) in [7, 11) is -3.70. The number of halogens is 2. The molecule has 0 bridgehead atoms. The fourth-order valence-corrected chi connectivity index (χ4v) is 3.76. The van der Waals surface area contributed by atoms with Crippen molar-refractivity contribution < 1.29 is 12.8 Å². The van der Waals surface area contributed by atoms with E-state index in [2.05, 4.69) is 9.82 Å². The molecule has 0 aliphatic carbocycles. The summed E-state index contributed by atoms with van der Waals surface area (Å²) in [6.45, 7) is 4.08. The Morgan fingerprint density at radius 1 is 1.15 bits per heavy atom. The largest absolute Gasteiger partial charge is 0.276 e. The molecule has 136 valence electrons. The van der Waals surface area contributed by atoms with Crippen LogP contribution in [0.4, 0.5) is 10.1 Å². The summed E-state index contributed by atoms with van der Waals surface area (Å²) in [5, 5.41) is 4.41. The minimum Gasteiger partial charge on any atom is -0.276 e. The second kappa shape index (κ2) is 7.09. The fraction of sp³-hybridized carbons (Fsp3) is 0.167. The molecule has 0 spiro atoms. The molecule has 1 N–H and O–H groups in total. The summed E-state index contributed by atoms with van der Waals surface area (Å²) in [5.41, 5.74) is 2.93. The maximum Gasteiger partial charge on any atom is 0.262 e. The highest BCUT2D eigenvalue weighted by Crippen LogP contribution is 2.21. The van der Waals surface area contributed by atoms with E-state index in [-0.39, 0.29) is 9.92 Å². The Balaban J connectivity index is 1.78. The molecule has 3 aromatic rings. The van der Waals surface area contributed by atoms with Crippen molar-refractivity contribution >= 4 is 27.3 Å². The molecule has 26 heavy (non-hydrogen) atoms. The topological polar surface area (TPSA) is 64.0 Å². The van der Waals surface area contributed by atoms with Crippen molar-refractivity contribution in [1.82, 2.24) is 9.78 Å². The van der Waals surface area contributed by atoms with Crippen LogP contribution in [0, 0.1) is 19.7 Å². The lowest BCUT2D eigenvalue weighted by Gasteiger charge is -2.08. The lowest BCUT2D eigenvalue weighted by molar-refractivity contribution is 0.601. The molecular formula is C18H17ClFN3O2S. The van der Waals surface area contributed by atoms with Crippen LogP contribution >= 0.6 is 11.6 Å². The normalized spacial score (nSPS) is 11.5. The summed E-state index contributed by atoms with van der Waals surface area (Å²) < 4.78 is 42.2. The maximum absolute atomic E-state index is 13.1. The summed E-state index contributed by atoms with van der Waals surface area (Å²) in [6, 6.07) is 9.06. The molecule has 3 rings (SSSR count). The average Bonchev–Trinajstić information content (AvgIpc) is 2.99. The highest BCUT2D eigenvalue weighted by atomic mass is 35.5. The molecule has 0 aliphatic heterocycles. The van der Waals surface area contributed by atoms with E-state index in [4.69, 9.17) is 11.6 Å². The van der Waals surface area contributed by atoms with E-state index in [0.29, 0.717) is 17.8 Å². The summed E-state index contributed by atoms with van der Waals surface area (Å²) in [6.07, 6.45) is 2.97. The van der Waals surface area contributed by atoms with Gasteiger partial charge in [-0.3, -0.25) is 9.40 Å². The van der Waals surface area contributed by atoms with Gasteiger partial charge in [0.2, 0.25) is 0 Å². The van der Waals surface area contributed by atoms with Crippen LogP contribution in [0.15, 0.2) is 53.7 Å². The van der Waals surface area contributed by atoms with Crippen molar-refractivity contribution in [3.8, 4) is 0 Å². The second-order valence-corrected chi connectivity index (χ2v) is 8.10. The Morgan fingerprint density at radius 2 is 1.92 bits per heavy atom. The van der Waals surface area contributed by atoms with Crippen molar-refractivity contribution in [1.29, 1.82) is 0 Å². The second-order valence-electron chi connectivity index (χ2n) is 6.01. The van der Waals surface area contributed by atoms with Gasteiger partial charge in [0.25, 0.3) is 10.0 Å². The SMILES string of the molecule is Cc1ccc(S(=O)(=O)Nc2cnn(Cc3ccc(F)cc3Cl)c2)cc1C. The first-order chi connectivity index (χ1) is 12.2. The van der Waals surface area contributed by atoms with Gasteiger partial charge >= 0.3 is 0 Å². The maximum atomic E-state index is 13.1. The van der Waals surface area contributed by atoms with E-state index >= 15 is 0 Å². The van der Waals surface area contributed by atoms with Crippen molar-refractivity contribution in [2.45, 2.75) is 25.3 Å². The molecular weight excluding hydrogens is 377 g/mol. The molecule has 0 unspecified atom stereocenters. The zero-order valence-corrected chi connectivity index (χ0v) is 15.8. The third kappa shape index (κ3) is 4.05. The molecule has 1 heterocycles. The molecule has 0 radical (unpaired) electrons. The van der Waals surface area contributed by atoms with Crippen molar-refractivity contribution in [3.05, 3.63) is 76.3 Å². The number of nitrogens with zero attached hydrogens (tertiary/aromatic N) is 2. The highest BCUT2D eigenvalue weighted by molar-refractivity contribution is 7.92. The van der Waals surface area contributed by atoms with Crippen LogP contribution in [0.5, 0.6) is 0 Å². The van der Waals surface area contributed by atoms with Gasteiger partial charge in [-0.1, -0.05) is 23.7 Å².